The normalized spacial score (nSPS) is 9.60. The zero-order valence-corrected chi connectivity index (χ0v) is 9.66. The zero-order chi connectivity index (χ0) is 6.62. The Morgan fingerprint density at radius 3 is 1.70 bits per heavy atom. The van der Waals surface area contributed by atoms with E-state index < -0.39 is 0 Å². The Kier molecular flexibility index (Phi) is 13.6. The molecule has 0 fully saturated rings. The fourth-order valence-electron chi connectivity index (χ4n) is 0.313. The first-order valence-electron chi connectivity index (χ1n) is 2.64. The highest BCUT2D eigenvalue weighted by atomic mass is 79.9. The lowest BCUT2D eigenvalue weighted by atomic mass is 10.5. The van der Waals surface area contributed by atoms with Gasteiger partial charge in [-0.1, -0.05) is 6.92 Å². The average molecular weight is 280 g/mol. The third kappa shape index (κ3) is 8.84. The van der Waals surface area contributed by atoms with Crippen molar-refractivity contribution in [3.8, 4) is 0 Å². The van der Waals surface area contributed by atoms with Gasteiger partial charge in [-0.15, -0.1) is 0 Å². The molecular weight excluding hydrogens is 264 g/mol. The minimum Gasteiger partial charge on any atom is -0.354 e. The first kappa shape index (κ1) is 17.1. The van der Waals surface area contributed by atoms with Gasteiger partial charge >= 0.3 is 0 Å². The smallest absolute Gasteiger partial charge is 0.177 e. The minimum atomic E-state index is -0.283. The molecule has 0 atom stereocenters. The Balaban J connectivity index is -0.000000245. The lowest BCUT2D eigenvalue weighted by Gasteiger charge is -2.16. The molecule has 10 heavy (non-hydrogen) atoms. The lowest BCUT2D eigenvalue weighted by Crippen LogP contribution is -2.13. The van der Waals surface area contributed by atoms with E-state index in [1.807, 2.05) is 13.8 Å². The summed E-state index contributed by atoms with van der Waals surface area (Å²) in [6.07, 6.45) is 0.918. The predicted octanol–water partition coefficient (Wildman–Crippen LogP) is 3.20. The van der Waals surface area contributed by atoms with E-state index in [0.717, 1.165) is 13.0 Å². The highest BCUT2D eigenvalue weighted by Gasteiger charge is 2.18. The van der Waals surface area contributed by atoms with Crippen LogP contribution in [0.3, 0.4) is 0 Å². The Morgan fingerprint density at radius 1 is 1.20 bits per heavy atom. The summed E-state index contributed by atoms with van der Waals surface area (Å²) in [5.74, 6) is 0. The summed E-state index contributed by atoms with van der Waals surface area (Å²) in [6.45, 7) is 4.73. The summed E-state index contributed by atoms with van der Waals surface area (Å²) < 4.78 is 4.93. The number of hydrogen-bond acceptors (Lipinski definition) is 3. The van der Waals surface area contributed by atoms with Gasteiger partial charge in [-0.25, -0.2) is 0 Å². The highest BCUT2D eigenvalue weighted by molar-refractivity contribution is 9.25. The maximum atomic E-state index is 5.21. The summed E-state index contributed by atoms with van der Waals surface area (Å²) in [4.78, 5) is 0. The third-order valence-corrected chi connectivity index (χ3v) is 2.35. The maximum absolute atomic E-state index is 5.21. The molecule has 66 valence electrons. The number of hydrogen-bond donors (Lipinski definition) is 2. The lowest BCUT2D eigenvalue weighted by molar-refractivity contribution is 0.108. The average Bonchev–Trinajstić information content (AvgIpc) is 1.67. The molecule has 0 aromatic carbocycles. The first-order valence-corrected chi connectivity index (χ1v) is 4.22. The quantitative estimate of drug-likeness (QED) is 0.779. The van der Waals surface area contributed by atoms with Crippen LogP contribution in [-0.2, 0) is 4.74 Å². The van der Waals surface area contributed by atoms with Gasteiger partial charge in [0.05, 0.1) is 0 Å². The van der Waals surface area contributed by atoms with Crippen molar-refractivity contribution in [1.82, 2.24) is 12.3 Å². The molecule has 0 radical (unpaired) electrons. The molecule has 0 aromatic heterocycles. The van der Waals surface area contributed by atoms with E-state index in [4.69, 9.17) is 4.74 Å². The topological polar surface area (TPSA) is 79.2 Å². The predicted molar refractivity (Wildman–Crippen MR) is 52.5 cm³/mol. The van der Waals surface area contributed by atoms with Crippen LogP contribution in [0.25, 0.3) is 0 Å². The van der Waals surface area contributed by atoms with Crippen LogP contribution in [0.4, 0.5) is 0 Å². The van der Waals surface area contributed by atoms with Crippen molar-refractivity contribution >= 4 is 31.9 Å². The summed E-state index contributed by atoms with van der Waals surface area (Å²) in [5, 5.41) is 0. The number of rotatable bonds is 3. The van der Waals surface area contributed by atoms with Gasteiger partial charge in [-0.3, -0.25) is 0 Å². The Hall–Kier alpha value is 0.840. The van der Waals surface area contributed by atoms with Crippen molar-refractivity contribution in [2.24, 2.45) is 0 Å². The van der Waals surface area contributed by atoms with E-state index in [-0.39, 0.29) is 15.7 Å². The zero-order valence-electron chi connectivity index (χ0n) is 6.49. The van der Waals surface area contributed by atoms with Gasteiger partial charge in [0.15, 0.2) is 3.42 Å². The second-order valence-electron chi connectivity index (χ2n) is 1.42. The molecule has 0 saturated carbocycles. The molecule has 0 aliphatic rings. The largest absolute Gasteiger partial charge is 0.354 e. The summed E-state index contributed by atoms with van der Waals surface area (Å²) >= 11 is 6.67. The Bertz CT molecular complexity index is 70.7. The fourth-order valence-corrected chi connectivity index (χ4v) is 0.771. The third-order valence-electron chi connectivity index (χ3n) is 0.767. The highest BCUT2D eigenvalue weighted by Crippen LogP contribution is 2.30. The molecule has 6 N–H and O–H groups in total. The van der Waals surface area contributed by atoms with Crippen LogP contribution in [0.2, 0.25) is 0 Å². The Morgan fingerprint density at radius 2 is 1.60 bits per heavy atom. The van der Waals surface area contributed by atoms with Crippen LogP contribution in [-0.4, -0.2) is 10.0 Å². The van der Waals surface area contributed by atoms with Crippen molar-refractivity contribution < 1.29 is 4.74 Å². The molecule has 0 heterocycles. The molecule has 0 aliphatic heterocycles. The summed E-state index contributed by atoms with van der Waals surface area (Å²) in [5.41, 5.74) is 0. The van der Waals surface area contributed by atoms with Crippen LogP contribution in [0, 0.1) is 0 Å². The molecule has 0 bridgehead atoms. The number of halogens is 2. The van der Waals surface area contributed by atoms with Gasteiger partial charge in [0.2, 0.25) is 0 Å². The van der Waals surface area contributed by atoms with Crippen molar-refractivity contribution in [2.45, 2.75) is 23.7 Å². The molecule has 0 saturated heterocycles. The second-order valence-corrected chi connectivity index (χ2v) is 5.05. The SMILES string of the molecule is CCOC(Br)(Br)CC.N.N. The molecule has 0 unspecified atom stereocenters. The second kappa shape index (κ2) is 7.94. The van der Waals surface area contributed by atoms with Gasteiger partial charge in [0.1, 0.15) is 0 Å². The van der Waals surface area contributed by atoms with Crippen molar-refractivity contribution in [3.05, 3.63) is 0 Å². The van der Waals surface area contributed by atoms with Crippen molar-refractivity contribution in [1.29, 1.82) is 0 Å². The molecular formula is C5H16Br2N2O. The summed E-state index contributed by atoms with van der Waals surface area (Å²) in [6, 6.07) is 0. The Labute approximate surface area is 79.3 Å². The van der Waals surface area contributed by atoms with Crippen molar-refractivity contribution in [3.63, 3.8) is 0 Å². The van der Waals surface area contributed by atoms with Crippen LogP contribution in [0.5, 0.6) is 0 Å². The molecule has 0 rings (SSSR count). The molecule has 0 spiro atoms. The van der Waals surface area contributed by atoms with Gasteiger partial charge in [-0.2, -0.15) is 0 Å². The van der Waals surface area contributed by atoms with Gasteiger partial charge in [0.25, 0.3) is 0 Å². The maximum Gasteiger partial charge on any atom is 0.177 e. The van der Waals surface area contributed by atoms with E-state index in [1.54, 1.807) is 0 Å². The minimum absolute atomic E-state index is 0. The standard InChI is InChI=1S/C5H10Br2O.2H3N/c1-3-5(6,7)8-4-2;;/h3-4H2,1-2H3;2*1H3. The molecule has 3 nitrogen and oxygen atoms in total. The van der Waals surface area contributed by atoms with Gasteiger partial charge < -0.3 is 17.0 Å². The fraction of sp³-hybridized carbons (Fsp3) is 1.00. The van der Waals surface area contributed by atoms with E-state index in [2.05, 4.69) is 31.9 Å². The molecule has 0 amide bonds. The number of alkyl halides is 2. The van der Waals surface area contributed by atoms with Crippen LogP contribution in [0.15, 0.2) is 0 Å². The van der Waals surface area contributed by atoms with Crippen LogP contribution >= 0.6 is 31.9 Å². The molecule has 5 heteroatoms. The van der Waals surface area contributed by atoms with Crippen molar-refractivity contribution in [2.75, 3.05) is 6.61 Å². The molecule has 0 aliphatic carbocycles. The monoisotopic (exact) mass is 278 g/mol. The van der Waals surface area contributed by atoms with E-state index in [1.165, 1.54) is 0 Å². The van der Waals surface area contributed by atoms with E-state index >= 15 is 0 Å². The molecule has 0 aromatic rings. The summed E-state index contributed by atoms with van der Waals surface area (Å²) in [7, 11) is 0. The van der Waals surface area contributed by atoms with Crippen LogP contribution < -0.4 is 12.3 Å². The number of ether oxygens (including phenoxy) is 1. The van der Waals surface area contributed by atoms with E-state index in [0.29, 0.717) is 0 Å². The van der Waals surface area contributed by atoms with Crippen LogP contribution in [0.1, 0.15) is 20.3 Å². The van der Waals surface area contributed by atoms with E-state index in [9.17, 15) is 0 Å². The van der Waals surface area contributed by atoms with Gasteiger partial charge in [0, 0.05) is 6.61 Å². The first-order chi connectivity index (χ1) is 3.62. The van der Waals surface area contributed by atoms with Gasteiger partial charge in [-0.05, 0) is 45.2 Å².